The fourth-order valence-corrected chi connectivity index (χ4v) is 4.20. The van der Waals surface area contributed by atoms with Gasteiger partial charge in [0, 0.05) is 11.6 Å². The third-order valence-electron chi connectivity index (χ3n) is 5.13. The molecule has 3 aromatic carbocycles. The SMILES string of the molecule is COc1ccccc1-n1nnnc1SCC(=O)Nc1cc(-c2ccccc2)nn1-c1ccccc1. The van der Waals surface area contributed by atoms with Crippen LogP contribution in [0, 0.1) is 0 Å². The number of benzene rings is 3. The van der Waals surface area contributed by atoms with Crippen molar-refractivity contribution in [3.8, 4) is 28.4 Å². The molecule has 0 saturated heterocycles. The third-order valence-corrected chi connectivity index (χ3v) is 6.05. The molecule has 1 amide bonds. The average molecular weight is 484 g/mol. The first kappa shape index (κ1) is 22.4. The molecule has 5 aromatic rings. The van der Waals surface area contributed by atoms with E-state index in [4.69, 9.17) is 9.84 Å². The van der Waals surface area contributed by atoms with E-state index in [9.17, 15) is 4.79 Å². The fourth-order valence-electron chi connectivity index (χ4n) is 3.52. The lowest BCUT2D eigenvalue weighted by molar-refractivity contribution is -0.113. The second kappa shape index (κ2) is 10.2. The van der Waals surface area contributed by atoms with Crippen molar-refractivity contribution in [1.29, 1.82) is 0 Å². The van der Waals surface area contributed by atoms with Crippen molar-refractivity contribution < 1.29 is 9.53 Å². The van der Waals surface area contributed by atoms with Gasteiger partial charge in [0.2, 0.25) is 11.1 Å². The Morgan fingerprint density at radius 1 is 0.943 bits per heavy atom. The van der Waals surface area contributed by atoms with Crippen LogP contribution in [0.25, 0.3) is 22.6 Å². The van der Waals surface area contributed by atoms with Gasteiger partial charge in [0.05, 0.1) is 24.2 Å². The molecule has 0 aliphatic rings. The van der Waals surface area contributed by atoms with Gasteiger partial charge in [0.15, 0.2) is 0 Å². The first-order valence-electron chi connectivity index (χ1n) is 10.8. The monoisotopic (exact) mass is 483 g/mol. The van der Waals surface area contributed by atoms with Crippen LogP contribution < -0.4 is 10.1 Å². The summed E-state index contributed by atoms with van der Waals surface area (Å²) in [4.78, 5) is 12.9. The number of amides is 1. The molecule has 2 aromatic heterocycles. The van der Waals surface area contributed by atoms with Crippen LogP contribution in [0.1, 0.15) is 0 Å². The summed E-state index contributed by atoms with van der Waals surface area (Å²) >= 11 is 1.23. The number of ether oxygens (including phenoxy) is 1. The number of para-hydroxylation sites is 3. The van der Waals surface area contributed by atoms with Gasteiger partial charge in [-0.2, -0.15) is 9.78 Å². The van der Waals surface area contributed by atoms with Crippen molar-refractivity contribution in [2.45, 2.75) is 5.16 Å². The maximum Gasteiger partial charge on any atom is 0.236 e. The van der Waals surface area contributed by atoms with Gasteiger partial charge >= 0.3 is 0 Å². The van der Waals surface area contributed by atoms with Gasteiger partial charge in [-0.05, 0) is 34.7 Å². The predicted octanol–water partition coefficient (Wildman–Crippen LogP) is 4.25. The van der Waals surface area contributed by atoms with Gasteiger partial charge in [-0.1, -0.05) is 72.4 Å². The number of methoxy groups -OCH3 is 1. The number of anilines is 1. The largest absolute Gasteiger partial charge is 0.494 e. The summed E-state index contributed by atoms with van der Waals surface area (Å²) < 4.78 is 8.69. The molecule has 0 unspecified atom stereocenters. The van der Waals surface area contributed by atoms with Gasteiger partial charge in [0.25, 0.3) is 0 Å². The first-order valence-corrected chi connectivity index (χ1v) is 11.8. The molecule has 0 aliphatic carbocycles. The molecule has 2 heterocycles. The van der Waals surface area contributed by atoms with Crippen molar-refractivity contribution in [1.82, 2.24) is 30.0 Å². The van der Waals surface area contributed by atoms with Crippen molar-refractivity contribution in [3.05, 3.63) is 91.0 Å². The number of hydrogen-bond donors (Lipinski definition) is 1. The van der Waals surface area contributed by atoms with E-state index in [1.165, 1.54) is 11.8 Å². The summed E-state index contributed by atoms with van der Waals surface area (Å²) in [5.74, 6) is 1.11. The number of carbonyl (C=O) groups is 1. The minimum atomic E-state index is -0.207. The highest BCUT2D eigenvalue weighted by molar-refractivity contribution is 7.99. The number of thioether (sulfide) groups is 1. The smallest absolute Gasteiger partial charge is 0.236 e. The Hall–Kier alpha value is -4.44. The first-order chi connectivity index (χ1) is 17.2. The lowest BCUT2D eigenvalue weighted by Crippen LogP contribution is -2.17. The van der Waals surface area contributed by atoms with Gasteiger partial charge in [0.1, 0.15) is 17.3 Å². The molecule has 0 aliphatic heterocycles. The summed E-state index contributed by atoms with van der Waals surface area (Å²) in [5.41, 5.74) is 3.26. The van der Waals surface area contributed by atoms with Gasteiger partial charge in [-0.15, -0.1) is 5.10 Å². The van der Waals surface area contributed by atoms with Crippen LogP contribution in [0.15, 0.2) is 96.2 Å². The molecule has 35 heavy (non-hydrogen) atoms. The number of tetrazole rings is 1. The van der Waals surface area contributed by atoms with Crippen molar-refractivity contribution in [2.75, 3.05) is 18.2 Å². The van der Waals surface area contributed by atoms with E-state index in [2.05, 4.69) is 20.8 Å². The predicted molar refractivity (Wildman–Crippen MR) is 134 cm³/mol. The quantitative estimate of drug-likeness (QED) is 0.329. The molecule has 5 rings (SSSR count). The van der Waals surface area contributed by atoms with E-state index in [1.54, 1.807) is 16.5 Å². The highest BCUT2D eigenvalue weighted by Gasteiger charge is 2.17. The second-order valence-electron chi connectivity index (χ2n) is 7.41. The maximum atomic E-state index is 12.9. The maximum absolute atomic E-state index is 12.9. The number of carbonyl (C=O) groups excluding carboxylic acids is 1. The molecule has 10 heteroatoms. The molecule has 0 bridgehead atoms. The molecule has 0 fully saturated rings. The van der Waals surface area contributed by atoms with E-state index in [0.29, 0.717) is 22.4 Å². The molecule has 9 nitrogen and oxygen atoms in total. The summed E-state index contributed by atoms with van der Waals surface area (Å²) in [6, 6.07) is 28.8. The number of hydrogen-bond acceptors (Lipinski definition) is 7. The molecular weight excluding hydrogens is 462 g/mol. The summed E-state index contributed by atoms with van der Waals surface area (Å²) in [6.45, 7) is 0. The molecule has 0 spiro atoms. The fraction of sp³-hybridized carbons (Fsp3) is 0.0800. The number of rotatable bonds is 8. The highest BCUT2D eigenvalue weighted by Crippen LogP contribution is 2.27. The Morgan fingerprint density at radius 3 is 2.43 bits per heavy atom. The molecule has 0 atom stereocenters. The topological polar surface area (TPSA) is 99.8 Å². The van der Waals surface area contributed by atoms with Crippen LogP contribution in [-0.2, 0) is 4.79 Å². The minimum Gasteiger partial charge on any atom is -0.494 e. The van der Waals surface area contributed by atoms with Crippen molar-refractivity contribution in [2.24, 2.45) is 0 Å². The third kappa shape index (κ3) is 4.92. The standard InChI is InChI=1S/C25H21N7O2S/c1-34-22-15-9-8-14-21(22)32-25(27-29-30-32)35-17-24(33)26-23-16-20(18-10-4-2-5-11-18)28-31(23)19-12-6-3-7-13-19/h2-16H,17H2,1H3,(H,26,33). The Morgan fingerprint density at radius 2 is 1.66 bits per heavy atom. The average Bonchev–Trinajstić information content (AvgIpc) is 3.56. The van der Waals surface area contributed by atoms with E-state index in [1.807, 2.05) is 91.0 Å². The zero-order chi connectivity index (χ0) is 24.0. The van der Waals surface area contributed by atoms with Gasteiger partial charge in [-0.3, -0.25) is 4.79 Å². The van der Waals surface area contributed by atoms with E-state index >= 15 is 0 Å². The molecule has 174 valence electrons. The summed E-state index contributed by atoms with van der Waals surface area (Å²) in [6.07, 6.45) is 0. The van der Waals surface area contributed by atoms with Crippen LogP contribution in [0.5, 0.6) is 5.75 Å². The Bertz CT molecular complexity index is 1430. The number of nitrogens with zero attached hydrogens (tertiary/aromatic N) is 6. The van der Waals surface area contributed by atoms with Crippen LogP contribution in [0.4, 0.5) is 5.82 Å². The Kier molecular flexibility index (Phi) is 6.53. The molecule has 1 N–H and O–H groups in total. The lowest BCUT2D eigenvalue weighted by Gasteiger charge is -2.10. The molecule has 0 saturated carbocycles. The van der Waals surface area contributed by atoms with Crippen LogP contribution in [0.2, 0.25) is 0 Å². The van der Waals surface area contributed by atoms with E-state index in [0.717, 1.165) is 16.9 Å². The zero-order valence-electron chi connectivity index (χ0n) is 18.8. The number of aromatic nitrogens is 6. The summed E-state index contributed by atoms with van der Waals surface area (Å²) in [5, 5.41) is 20.1. The lowest BCUT2D eigenvalue weighted by atomic mass is 10.2. The zero-order valence-corrected chi connectivity index (χ0v) is 19.6. The van der Waals surface area contributed by atoms with Gasteiger partial charge in [-0.25, -0.2) is 4.68 Å². The Balaban J connectivity index is 1.36. The van der Waals surface area contributed by atoms with E-state index < -0.39 is 0 Å². The molecular formula is C25H21N7O2S. The van der Waals surface area contributed by atoms with Gasteiger partial charge < -0.3 is 10.1 Å². The second-order valence-corrected chi connectivity index (χ2v) is 8.35. The van der Waals surface area contributed by atoms with Crippen molar-refractivity contribution >= 4 is 23.5 Å². The van der Waals surface area contributed by atoms with Crippen LogP contribution in [-0.4, -0.2) is 48.8 Å². The highest BCUT2D eigenvalue weighted by atomic mass is 32.2. The normalized spacial score (nSPS) is 10.8. The minimum absolute atomic E-state index is 0.107. The van der Waals surface area contributed by atoms with Crippen LogP contribution in [0.3, 0.4) is 0 Å². The molecule has 0 radical (unpaired) electrons. The van der Waals surface area contributed by atoms with E-state index in [-0.39, 0.29) is 11.7 Å². The Labute approximate surface area is 205 Å². The van der Waals surface area contributed by atoms with Crippen molar-refractivity contribution in [3.63, 3.8) is 0 Å². The summed E-state index contributed by atoms with van der Waals surface area (Å²) in [7, 11) is 1.59. The van der Waals surface area contributed by atoms with Crippen LogP contribution >= 0.6 is 11.8 Å². The number of nitrogens with one attached hydrogen (secondary N) is 1.